The van der Waals surface area contributed by atoms with E-state index in [-0.39, 0.29) is 0 Å². The average molecular weight is 883 g/mol. The van der Waals surface area contributed by atoms with Crippen LogP contribution in [0.1, 0.15) is 11.1 Å². The first-order valence-electron chi connectivity index (χ1n) is 23.6. The summed E-state index contributed by atoms with van der Waals surface area (Å²) in [5, 5.41) is 7.95. The standard InChI is InChI=1S/C64H42N4O/c1-39-16-9-10-21-46(39)50-38-53-52-35-42(28-31-58(52)68(59(53)34-40(50)2)64-65-55-25-13-11-23-49(55)63(66-64)41-17-5-3-6-18-41)43-30-33-60-54(36-43)62-47(24-15-27-61(62)69-60)44-29-32-57-51(37-44)48-22-12-14-26-56(48)67(57)45-19-7-4-8-20-45/h3-38H,1-2H3. The Morgan fingerprint density at radius 1 is 0.348 bits per heavy atom. The number of nitrogens with zero attached hydrogens (tertiary/aromatic N) is 4. The van der Waals surface area contributed by atoms with Gasteiger partial charge in [-0.15, -0.1) is 0 Å². The second-order valence-electron chi connectivity index (χ2n) is 18.2. The lowest BCUT2D eigenvalue weighted by atomic mass is 9.94. The van der Waals surface area contributed by atoms with Crippen LogP contribution in [0, 0.1) is 13.8 Å². The zero-order valence-electron chi connectivity index (χ0n) is 38.0. The van der Waals surface area contributed by atoms with Gasteiger partial charge in [-0.1, -0.05) is 140 Å². The summed E-state index contributed by atoms with van der Waals surface area (Å²) in [6.07, 6.45) is 0. The Balaban J connectivity index is 0.966. The average Bonchev–Trinajstić information content (AvgIpc) is 4.05. The summed E-state index contributed by atoms with van der Waals surface area (Å²) in [7, 11) is 0. The molecule has 5 nitrogen and oxygen atoms in total. The van der Waals surface area contributed by atoms with E-state index in [0.29, 0.717) is 5.95 Å². The number of rotatable bonds is 6. The Bertz CT molecular complexity index is 4390. The molecular formula is C64H42N4O. The zero-order valence-corrected chi connectivity index (χ0v) is 38.0. The summed E-state index contributed by atoms with van der Waals surface area (Å²) in [6.45, 7) is 4.41. The largest absolute Gasteiger partial charge is 0.456 e. The first-order valence-corrected chi connectivity index (χ1v) is 23.6. The van der Waals surface area contributed by atoms with Crippen LogP contribution in [-0.2, 0) is 0 Å². The van der Waals surface area contributed by atoms with E-state index >= 15 is 0 Å². The molecule has 10 aromatic carbocycles. The van der Waals surface area contributed by atoms with E-state index in [1.807, 2.05) is 6.07 Å². The van der Waals surface area contributed by atoms with Gasteiger partial charge in [-0.2, -0.15) is 0 Å². The van der Waals surface area contributed by atoms with Crippen LogP contribution in [0.25, 0.3) is 133 Å². The van der Waals surface area contributed by atoms with E-state index in [2.05, 4.69) is 235 Å². The minimum absolute atomic E-state index is 0.643. The molecule has 0 spiro atoms. The highest BCUT2D eigenvalue weighted by atomic mass is 16.3. The van der Waals surface area contributed by atoms with Crippen molar-refractivity contribution in [1.29, 1.82) is 0 Å². The van der Waals surface area contributed by atoms with Crippen LogP contribution in [0.2, 0.25) is 0 Å². The summed E-state index contributed by atoms with van der Waals surface area (Å²) in [6, 6.07) is 78.2. The first-order chi connectivity index (χ1) is 34.0. The second-order valence-corrected chi connectivity index (χ2v) is 18.2. The summed E-state index contributed by atoms with van der Waals surface area (Å²) < 4.78 is 11.3. The number of furan rings is 1. The fourth-order valence-corrected chi connectivity index (χ4v) is 11.0. The van der Waals surface area contributed by atoms with Crippen LogP contribution in [0.3, 0.4) is 0 Å². The van der Waals surface area contributed by atoms with Gasteiger partial charge < -0.3 is 8.98 Å². The van der Waals surface area contributed by atoms with Gasteiger partial charge >= 0.3 is 0 Å². The van der Waals surface area contributed by atoms with Crippen LogP contribution in [0.5, 0.6) is 0 Å². The first kappa shape index (κ1) is 39.1. The highest BCUT2D eigenvalue weighted by molar-refractivity contribution is 6.17. The molecule has 5 heteroatoms. The monoisotopic (exact) mass is 882 g/mol. The fourth-order valence-electron chi connectivity index (χ4n) is 11.0. The number of hydrogen-bond acceptors (Lipinski definition) is 3. The normalized spacial score (nSPS) is 11.9. The number of hydrogen-bond donors (Lipinski definition) is 0. The lowest BCUT2D eigenvalue weighted by molar-refractivity contribution is 0.669. The van der Waals surface area contributed by atoms with Gasteiger partial charge in [-0.25, -0.2) is 9.97 Å². The van der Waals surface area contributed by atoms with Gasteiger partial charge in [0.25, 0.3) is 0 Å². The van der Waals surface area contributed by atoms with Crippen molar-refractivity contribution in [2.24, 2.45) is 0 Å². The fraction of sp³-hybridized carbons (Fsp3) is 0.0312. The van der Waals surface area contributed by atoms with Crippen molar-refractivity contribution < 1.29 is 4.42 Å². The predicted molar refractivity (Wildman–Crippen MR) is 287 cm³/mol. The van der Waals surface area contributed by atoms with Crippen LogP contribution in [0.15, 0.2) is 223 Å². The van der Waals surface area contributed by atoms with Crippen LogP contribution in [-0.4, -0.2) is 19.1 Å². The van der Waals surface area contributed by atoms with Crippen molar-refractivity contribution in [2.75, 3.05) is 0 Å². The van der Waals surface area contributed by atoms with Crippen LogP contribution >= 0.6 is 0 Å². The molecule has 0 fully saturated rings. The molecule has 0 saturated carbocycles. The number of fused-ring (bicyclic) bond motifs is 10. The van der Waals surface area contributed by atoms with Crippen LogP contribution in [0.4, 0.5) is 0 Å². The van der Waals surface area contributed by atoms with E-state index in [4.69, 9.17) is 14.4 Å². The third-order valence-electron chi connectivity index (χ3n) is 14.2. The zero-order chi connectivity index (χ0) is 45.7. The highest BCUT2D eigenvalue weighted by Crippen LogP contribution is 2.43. The van der Waals surface area contributed by atoms with Crippen molar-refractivity contribution in [3.63, 3.8) is 0 Å². The minimum Gasteiger partial charge on any atom is -0.456 e. The molecule has 0 aliphatic rings. The molecular weight excluding hydrogens is 841 g/mol. The summed E-state index contributed by atoms with van der Waals surface area (Å²) in [4.78, 5) is 10.7. The van der Waals surface area contributed by atoms with E-state index in [9.17, 15) is 0 Å². The van der Waals surface area contributed by atoms with E-state index < -0.39 is 0 Å². The summed E-state index contributed by atoms with van der Waals surface area (Å²) >= 11 is 0. The van der Waals surface area contributed by atoms with Gasteiger partial charge in [0.15, 0.2) is 0 Å². The second kappa shape index (κ2) is 15.2. The van der Waals surface area contributed by atoms with Crippen LogP contribution < -0.4 is 0 Å². The Labute approximate surface area is 397 Å². The highest BCUT2D eigenvalue weighted by Gasteiger charge is 2.22. The van der Waals surface area contributed by atoms with E-state index in [0.717, 1.165) is 93.8 Å². The topological polar surface area (TPSA) is 48.8 Å². The smallest absolute Gasteiger partial charge is 0.235 e. The molecule has 14 aromatic rings. The molecule has 0 amide bonds. The van der Waals surface area contributed by atoms with Crippen molar-refractivity contribution in [3.8, 4) is 56.3 Å². The van der Waals surface area contributed by atoms with E-state index in [1.165, 1.54) is 44.1 Å². The molecule has 0 bridgehead atoms. The van der Waals surface area contributed by atoms with Gasteiger partial charge in [0.1, 0.15) is 11.2 Å². The van der Waals surface area contributed by atoms with E-state index in [1.54, 1.807) is 0 Å². The maximum atomic E-state index is 6.63. The van der Waals surface area contributed by atoms with Crippen molar-refractivity contribution in [1.82, 2.24) is 19.1 Å². The van der Waals surface area contributed by atoms with Gasteiger partial charge in [0.2, 0.25) is 5.95 Å². The molecule has 324 valence electrons. The molecule has 0 saturated heterocycles. The van der Waals surface area contributed by atoms with Gasteiger partial charge in [0.05, 0.1) is 33.3 Å². The quantitative estimate of drug-likeness (QED) is 0.167. The lowest BCUT2D eigenvalue weighted by Crippen LogP contribution is -2.03. The molecule has 69 heavy (non-hydrogen) atoms. The van der Waals surface area contributed by atoms with Gasteiger partial charge in [-0.3, -0.25) is 4.57 Å². The SMILES string of the molecule is Cc1ccccc1-c1cc2c3cc(-c4ccc5oc6cccc(-c7ccc8c(c7)c7ccccc7n8-c7ccccc7)c6c5c4)ccc3n(-c3nc(-c4ccccc4)c4ccccc4n3)c2cc1C. The molecule has 4 aromatic heterocycles. The molecule has 4 heterocycles. The Hall–Kier alpha value is -9.06. The number of aryl methyl sites for hydroxylation is 2. The molecule has 0 aliphatic carbocycles. The van der Waals surface area contributed by atoms with Crippen molar-refractivity contribution in [3.05, 3.63) is 230 Å². The molecule has 14 rings (SSSR count). The summed E-state index contributed by atoms with van der Waals surface area (Å²) in [5.41, 5.74) is 19.7. The number of para-hydroxylation sites is 3. The molecule has 0 aliphatic heterocycles. The van der Waals surface area contributed by atoms with Crippen molar-refractivity contribution in [2.45, 2.75) is 13.8 Å². The lowest BCUT2D eigenvalue weighted by Gasteiger charge is -2.13. The number of aromatic nitrogens is 4. The van der Waals surface area contributed by atoms with Crippen molar-refractivity contribution >= 4 is 76.5 Å². The third-order valence-corrected chi connectivity index (χ3v) is 14.2. The Morgan fingerprint density at radius 2 is 0.971 bits per heavy atom. The Morgan fingerprint density at radius 3 is 1.81 bits per heavy atom. The maximum absolute atomic E-state index is 6.63. The maximum Gasteiger partial charge on any atom is 0.235 e. The minimum atomic E-state index is 0.643. The molecule has 0 N–H and O–H groups in total. The molecule has 0 radical (unpaired) electrons. The molecule has 0 unspecified atom stereocenters. The number of benzene rings is 10. The summed E-state index contributed by atoms with van der Waals surface area (Å²) in [5.74, 6) is 0.643. The Kier molecular flexibility index (Phi) is 8.65. The van der Waals surface area contributed by atoms with Gasteiger partial charge in [-0.05, 0) is 137 Å². The van der Waals surface area contributed by atoms with Gasteiger partial charge in [0, 0.05) is 49.0 Å². The third kappa shape index (κ3) is 6.10. The predicted octanol–water partition coefficient (Wildman–Crippen LogP) is 17.0. The molecule has 0 atom stereocenters.